The Hall–Kier alpha value is -1.84. The van der Waals surface area contributed by atoms with Gasteiger partial charge in [0, 0.05) is 5.39 Å². The summed E-state index contributed by atoms with van der Waals surface area (Å²) < 4.78 is 5.29. The topological polar surface area (TPSA) is 69.1 Å². The number of nitrogens with zero attached hydrogens (tertiary/aromatic N) is 1. The molecule has 0 radical (unpaired) electrons. The number of pyridine rings is 1. The van der Waals surface area contributed by atoms with Crippen LogP contribution in [0.5, 0.6) is 0 Å². The Morgan fingerprint density at radius 1 is 1.54 bits per heavy atom. The smallest absolute Gasteiger partial charge is 0.267 e. The van der Waals surface area contributed by atoms with E-state index in [0.717, 1.165) is 11.1 Å². The third-order valence-electron chi connectivity index (χ3n) is 1.78. The minimum Gasteiger partial charge on any atom is -0.460 e. The van der Waals surface area contributed by atoms with Crippen molar-refractivity contribution >= 4 is 16.9 Å². The maximum atomic E-state index is 10.8. The van der Waals surface area contributed by atoms with Crippen molar-refractivity contribution in [3.63, 3.8) is 0 Å². The Labute approximate surface area is 74.4 Å². The summed E-state index contributed by atoms with van der Waals surface area (Å²) in [7, 11) is 0. The summed E-state index contributed by atoms with van der Waals surface area (Å²) in [4.78, 5) is 14.6. The molecular weight excluding hydrogens is 168 g/mol. The van der Waals surface area contributed by atoms with Gasteiger partial charge in [-0.05, 0) is 19.1 Å². The number of aromatic nitrogens is 1. The van der Waals surface area contributed by atoms with Gasteiger partial charge in [-0.3, -0.25) is 4.79 Å². The molecule has 0 spiro atoms. The van der Waals surface area contributed by atoms with Crippen molar-refractivity contribution in [2.24, 2.45) is 5.73 Å². The number of amides is 1. The molecule has 1 amide bonds. The molecule has 2 N–H and O–H groups in total. The van der Waals surface area contributed by atoms with Crippen molar-refractivity contribution in [1.82, 2.24) is 4.98 Å². The maximum Gasteiger partial charge on any atom is 0.267 e. The van der Waals surface area contributed by atoms with Crippen molar-refractivity contribution in [1.29, 1.82) is 0 Å². The Bertz CT molecular complexity index is 473. The van der Waals surface area contributed by atoms with Crippen LogP contribution in [-0.2, 0) is 0 Å². The number of hydrogen-bond donors (Lipinski definition) is 1. The lowest BCUT2D eigenvalue weighted by Gasteiger charge is -1.92. The molecule has 2 heterocycles. The summed E-state index contributed by atoms with van der Waals surface area (Å²) in [6.45, 7) is 1.84. The highest BCUT2D eigenvalue weighted by Gasteiger charge is 2.05. The van der Waals surface area contributed by atoms with Crippen LogP contribution in [-0.4, -0.2) is 10.9 Å². The summed E-state index contributed by atoms with van der Waals surface area (Å²) in [5.74, 6) is 0.263. The number of fused-ring (bicyclic) bond motifs is 1. The first-order chi connectivity index (χ1) is 6.16. The van der Waals surface area contributed by atoms with E-state index in [4.69, 9.17) is 10.2 Å². The molecule has 4 heteroatoms. The lowest BCUT2D eigenvalue weighted by atomic mass is 10.2. The molecule has 0 bridgehead atoms. The molecule has 0 unspecified atom stereocenters. The van der Waals surface area contributed by atoms with Crippen LogP contribution >= 0.6 is 0 Å². The van der Waals surface area contributed by atoms with Gasteiger partial charge in [-0.2, -0.15) is 0 Å². The van der Waals surface area contributed by atoms with Crippen molar-refractivity contribution in [2.45, 2.75) is 6.92 Å². The fourth-order valence-electron chi connectivity index (χ4n) is 1.21. The molecule has 13 heavy (non-hydrogen) atoms. The highest BCUT2D eigenvalue weighted by atomic mass is 16.3. The molecular formula is C9H8N2O2. The van der Waals surface area contributed by atoms with Crippen molar-refractivity contribution in [3.8, 4) is 0 Å². The third kappa shape index (κ3) is 1.26. The van der Waals surface area contributed by atoms with Gasteiger partial charge in [0.25, 0.3) is 5.91 Å². The standard InChI is InChI=1S/C9H8N2O2/c1-5-2-6-3-7(9(10)12)11-4-8(6)13-5/h2-4H,1H3,(H2,10,12). The minimum atomic E-state index is -0.527. The minimum absolute atomic E-state index is 0.258. The first-order valence-electron chi connectivity index (χ1n) is 3.83. The first kappa shape index (κ1) is 7.79. The number of hydrogen-bond acceptors (Lipinski definition) is 3. The SMILES string of the molecule is Cc1cc2cc(C(N)=O)ncc2o1. The Morgan fingerprint density at radius 3 is 3.00 bits per heavy atom. The van der Waals surface area contributed by atoms with E-state index < -0.39 is 5.91 Å². The fraction of sp³-hybridized carbons (Fsp3) is 0.111. The van der Waals surface area contributed by atoms with E-state index >= 15 is 0 Å². The van der Waals surface area contributed by atoms with Crippen LogP contribution < -0.4 is 5.73 Å². The molecule has 0 aliphatic heterocycles. The second-order valence-electron chi connectivity index (χ2n) is 2.83. The number of nitrogens with two attached hydrogens (primary N) is 1. The van der Waals surface area contributed by atoms with E-state index in [1.807, 2.05) is 13.0 Å². The lowest BCUT2D eigenvalue weighted by molar-refractivity contribution is 0.0996. The zero-order valence-corrected chi connectivity index (χ0v) is 7.07. The highest BCUT2D eigenvalue weighted by molar-refractivity contribution is 5.94. The molecule has 2 aromatic rings. The van der Waals surface area contributed by atoms with Crippen molar-refractivity contribution in [3.05, 3.63) is 29.8 Å². The largest absolute Gasteiger partial charge is 0.460 e. The predicted octanol–water partition coefficient (Wildman–Crippen LogP) is 1.24. The number of aryl methyl sites for hydroxylation is 1. The second-order valence-corrected chi connectivity index (χ2v) is 2.83. The summed E-state index contributed by atoms with van der Waals surface area (Å²) in [6, 6.07) is 3.46. The van der Waals surface area contributed by atoms with E-state index in [1.54, 1.807) is 6.07 Å². The van der Waals surface area contributed by atoms with Crippen LogP contribution in [0.15, 0.2) is 22.7 Å². The quantitative estimate of drug-likeness (QED) is 0.710. The van der Waals surface area contributed by atoms with E-state index in [2.05, 4.69) is 4.98 Å². The second kappa shape index (κ2) is 2.58. The van der Waals surface area contributed by atoms with Gasteiger partial charge in [0.2, 0.25) is 0 Å². The van der Waals surface area contributed by atoms with Gasteiger partial charge in [0.05, 0.1) is 6.20 Å². The summed E-state index contributed by atoms with van der Waals surface area (Å²) in [6.07, 6.45) is 1.50. The Balaban J connectivity index is 2.67. The normalized spacial score (nSPS) is 10.5. The summed E-state index contributed by atoms with van der Waals surface area (Å²) in [5.41, 5.74) is 6.01. The molecule has 0 fully saturated rings. The number of furan rings is 1. The molecule has 0 saturated heterocycles. The van der Waals surface area contributed by atoms with Crippen LogP contribution in [0.25, 0.3) is 11.0 Å². The maximum absolute atomic E-state index is 10.8. The van der Waals surface area contributed by atoms with Crippen LogP contribution in [0, 0.1) is 6.92 Å². The van der Waals surface area contributed by atoms with Gasteiger partial charge in [-0.1, -0.05) is 0 Å². The Kier molecular flexibility index (Phi) is 1.55. The molecule has 2 aromatic heterocycles. The molecule has 66 valence electrons. The van der Waals surface area contributed by atoms with Crippen LogP contribution in [0.2, 0.25) is 0 Å². The van der Waals surface area contributed by atoms with E-state index in [1.165, 1.54) is 6.20 Å². The van der Waals surface area contributed by atoms with Gasteiger partial charge >= 0.3 is 0 Å². The number of rotatable bonds is 1. The third-order valence-corrected chi connectivity index (χ3v) is 1.78. The summed E-state index contributed by atoms with van der Waals surface area (Å²) >= 11 is 0. The lowest BCUT2D eigenvalue weighted by Crippen LogP contribution is -2.12. The van der Waals surface area contributed by atoms with Crippen LogP contribution in [0.3, 0.4) is 0 Å². The van der Waals surface area contributed by atoms with Gasteiger partial charge in [-0.15, -0.1) is 0 Å². The average Bonchev–Trinajstić information content (AvgIpc) is 2.42. The molecule has 0 aliphatic carbocycles. The van der Waals surface area contributed by atoms with Crippen molar-refractivity contribution < 1.29 is 9.21 Å². The average molecular weight is 176 g/mol. The first-order valence-corrected chi connectivity index (χ1v) is 3.83. The predicted molar refractivity (Wildman–Crippen MR) is 47.3 cm³/mol. The van der Waals surface area contributed by atoms with Crippen LogP contribution in [0.1, 0.15) is 16.2 Å². The zero-order chi connectivity index (χ0) is 9.42. The monoisotopic (exact) mass is 176 g/mol. The molecule has 0 saturated carbocycles. The van der Waals surface area contributed by atoms with E-state index in [9.17, 15) is 4.79 Å². The summed E-state index contributed by atoms with van der Waals surface area (Å²) in [5, 5.41) is 0.848. The molecule has 0 aromatic carbocycles. The number of carbonyl (C=O) groups is 1. The van der Waals surface area contributed by atoms with Crippen LogP contribution in [0.4, 0.5) is 0 Å². The van der Waals surface area contributed by atoms with Gasteiger partial charge < -0.3 is 10.2 Å². The van der Waals surface area contributed by atoms with E-state index in [-0.39, 0.29) is 5.69 Å². The Morgan fingerprint density at radius 2 is 2.31 bits per heavy atom. The van der Waals surface area contributed by atoms with E-state index in [0.29, 0.717) is 5.58 Å². The zero-order valence-electron chi connectivity index (χ0n) is 7.07. The van der Waals surface area contributed by atoms with Gasteiger partial charge in [0.15, 0.2) is 5.58 Å². The molecule has 2 rings (SSSR count). The fourth-order valence-corrected chi connectivity index (χ4v) is 1.21. The molecule has 0 aliphatic rings. The molecule has 0 atom stereocenters. The number of carbonyl (C=O) groups excluding carboxylic acids is 1. The molecule has 4 nitrogen and oxygen atoms in total. The number of primary amides is 1. The van der Waals surface area contributed by atoms with Gasteiger partial charge in [0.1, 0.15) is 11.5 Å². The van der Waals surface area contributed by atoms with Gasteiger partial charge in [-0.25, -0.2) is 4.98 Å². The van der Waals surface area contributed by atoms with Crippen molar-refractivity contribution in [2.75, 3.05) is 0 Å². The highest BCUT2D eigenvalue weighted by Crippen LogP contribution is 2.18.